The second-order valence-electron chi connectivity index (χ2n) is 17.8. The van der Waals surface area contributed by atoms with E-state index in [9.17, 15) is 0 Å². The van der Waals surface area contributed by atoms with Gasteiger partial charge in [0.25, 0.3) is 0 Å². The van der Waals surface area contributed by atoms with Gasteiger partial charge in [-0.3, -0.25) is 0 Å². The van der Waals surface area contributed by atoms with Crippen molar-refractivity contribution in [3.05, 3.63) is 177 Å². The van der Waals surface area contributed by atoms with Crippen LogP contribution in [0.3, 0.4) is 0 Å². The third-order valence-corrected chi connectivity index (χ3v) is 13.5. The van der Waals surface area contributed by atoms with Crippen LogP contribution in [0, 0.1) is 24.6 Å². The fourth-order valence-corrected chi connectivity index (χ4v) is 10.1. The Morgan fingerprint density at radius 2 is 1.23 bits per heavy atom. The van der Waals surface area contributed by atoms with Crippen LogP contribution in [0.2, 0.25) is 0 Å². The second kappa shape index (κ2) is 15.4. The monoisotopic (exact) mass is 967 g/mol. The summed E-state index contributed by atoms with van der Waals surface area (Å²) >= 11 is 2.53. The summed E-state index contributed by atoms with van der Waals surface area (Å²) in [6.07, 6.45) is 3.99. The summed E-state index contributed by atoms with van der Waals surface area (Å²) in [4.78, 5) is 7.34. The number of hydrogen-bond donors (Lipinski definition) is 0. The van der Waals surface area contributed by atoms with E-state index in [1.54, 1.807) is 0 Å². The summed E-state index contributed by atoms with van der Waals surface area (Å²) in [6, 6.07) is 49.9. The third-order valence-electron chi connectivity index (χ3n) is 12.5. The molecule has 0 saturated carbocycles. The first-order valence-corrected chi connectivity index (χ1v) is 22.1. The number of hydrogen-bond acceptors (Lipinski definition) is 3. The zero-order valence-corrected chi connectivity index (χ0v) is 38.1. The molecule has 6 heteroatoms. The maximum atomic E-state index is 6.81. The Morgan fingerprint density at radius 1 is 0.633 bits per heavy atom. The van der Waals surface area contributed by atoms with E-state index in [-0.39, 0.29) is 11.0 Å². The van der Waals surface area contributed by atoms with Crippen LogP contribution >= 0.6 is 0 Å². The van der Waals surface area contributed by atoms with Crippen LogP contribution in [0.5, 0.6) is 11.5 Å². The number of anilines is 2. The van der Waals surface area contributed by atoms with E-state index in [1.807, 2.05) is 6.20 Å². The van der Waals surface area contributed by atoms with Gasteiger partial charge in [-0.25, -0.2) is 0 Å². The summed E-state index contributed by atoms with van der Waals surface area (Å²) in [7, 11) is 0. The number of aryl methyl sites for hydroxylation is 1. The molecule has 1 aliphatic rings. The molecule has 9 rings (SSSR count). The Labute approximate surface area is 365 Å². The van der Waals surface area contributed by atoms with Gasteiger partial charge in [-0.2, -0.15) is 0 Å². The Kier molecular flexibility index (Phi) is 10.2. The van der Waals surface area contributed by atoms with Crippen molar-refractivity contribution in [1.82, 2.24) is 14.1 Å². The fourth-order valence-electron chi connectivity index (χ4n) is 9.01. The van der Waals surface area contributed by atoms with E-state index in [1.165, 1.54) is 55.8 Å². The topological polar surface area (TPSA) is 35.2 Å². The number of aromatic nitrogens is 3. The number of para-hydroxylation sites is 2. The maximum absolute atomic E-state index is 6.81. The zero-order valence-electron chi connectivity index (χ0n) is 35.8. The average Bonchev–Trinajstić information content (AvgIpc) is 3.54. The molecule has 0 saturated heterocycles. The quantitative estimate of drug-likeness (QED) is 0.160. The molecule has 8 aromatic rings. The Morgan fingerprint density at radius 3 is 1.87 bits per heavy atom. The number of fused-ring (bicyclic) bond motifs is 2. The minimum atomic E-state index is -0.119. The van der Waals surface area contributed by atoms with E-state index in [0.717, 1.165) is 56.4 Å². The summed E-state index contributed by atoms with van der Waals surface area (Å²) in [5, 5.41) is 0. The number of nitrogens with zero attached hydrogens (tertiary/aromatic N) is 4. The average molecular weight is 968 g/mol. The Balaban J connectivity index is 1.18. The Hall–Kier alpha value is -5.77. The molecule has 0 unspecified atom stereocenters. The molecule has 3 heterocycles. The molecule has 6 aromatic carbocycles. The van der Waals surface area contributed by atoms with Crippen LogP contribution in [0.15, 0.2) is 146 Å². The van der Waals surface area contributed by atoms with Gasteiger partial charge in [-0.05, 0) is 17.0 Å². The summed E-state index contributed by atoms with van der Waals surface area (Å²) in [5.74, 6) is 2.55. The molecule has 2 aromatic heterocycles. The van der Waals surface area contributed by atoms with Gasteiger partial charge in [0.2, 0.25) is 0 Å². The van der Waals surface area contributed by atoms with Gasteiger partial charge in [0.1, 0.15) is 0 Å². The van der Waals surface area contributed by atoms with E-state index in [4.69, 9.17) is 9.72 Å². The van der Waals surface area contributed by atoms with E-state index < -0.39 is 0 Å². The summed E-state index contributed by atoms with van der Waals surface area (Å²) in [6.45, 7) is 18.2. The molecule has 0 radical (unpaired) electrons. The van der Waals surface area contributed by atoms with Crippen LogP contribution in [-0.4, -0.2) is 19.7 Å². The minimum absolute atomic E-state index is 0.0188. The number of imidazole rings is 1. The molecule has 60 heavy (non-hydrogen) atoms. The van der Waals surface area contributed by atoms with Crippen molar-refractivity contribution in [2.75, 3.05) is 4.90 Å². The van der Waals surface area contributed by atoms with E-state index >= 15 is 0 Å². The molecule has 0 fully saturated rings. The SMILES string of the molecule is Cc1c(C)c(-c2ccccc2)c(-n2[c](=[Pt])n(-c3cccc(Oc4ccc5c(c4)N(c4cc(C(C)(C)C)ccn4)C(C)(C)CC5)c3)c3ccccc32)c(-c2ccccc2)c1C. The molecular formula is C54H52N4OPt. The van der Waals surface area contributed by atoms with Crippen molar-refractivity contribution in [3.63, 3.8) is 0 Å². The molecule has 5 nitrogen and oxygen atoms in total. The van der Waals surface area contributed by atoms with Crippen LogP contribution < -0.4 is 9.64 Å². The van der Waals surface area contributed by atoms with Crippen LogP contribution in [0.4, 0.5) is 11.5 Å². The van der Waals surface area contributed by atoms with Crippen molar-refractivity contribution in [1.29, 1.82) is 0 Å². The van der Waals surface area contributed by atoms with Gasteiger partial charge in [-0.15, -0.1) is 0 Å². The molecular weight excluding hydrogens is 916 g/mol. The van der Waals surface area contributed by atoms with Crippen LogP contribution in [0.25, 0.3) is 44.7 Å². The van der Waals surface area contributed by atoms with Gasteiger partial charge < -0.3 is 0 Å². The van der Waals surface area contributed by atoms with Gasteiger partial charge in [0.05, 0.1) is 0 Å². The standard InChI is InChI=1S/C54H52N4O.Pt/c1-36-37(2)50(40-18-11-9-12-19-40)52(51(38(36)3)41-20-13-10-14-21-41)57-35-56(46-24-15-16-25-47(46)57)43-22-17-23-44(33-43)59-45-27-26-39-28-30-54(7,8)58(48(39)34-45)49-32-42(29-31-55-49)53(4,5)6;/h9-27,29,31-34H,28,30H2,1-8H3;. The van der Waals surface area contributed by atoms with Crippen molar-refractivity contribution in [2.24, 2.45) is 0 Å². The molecule has 0 atom stereocenters. The molecule has 0 N–H and O–H groups in total. The first-order chi connectivity index (χ1) is 28.8. The van der Waals surface area contributed by atoms with Gasteiger partial charge in [-0.1, -0.05) is 20.8 Å². The molecule has 0 spiro atoms. The van der Waals surface area contributed by atoms with Crippen molar-refractivity contribution in [2.45, 2.75) is 79.2 Å². The normalized spacial score (nSPS) is 13.7. The van der Waals surface area contributed by atoms with Crippen molar-refractivity contribution >= 4 is 22.5 Å². The predicted octanol–water partition coefficient (Wildman–Crippen LogP) is 14.1. The third kappa shape index (κ3) is 6.97. The van der Waals surface area contributed by atoms with Crippen molar-refractivity contribution in [3.8, 4) is 45.1 Å². The number of benzene rings is 6. The summed E-state index contributed by atoms with van der Waals surface area (Å²) < 4.78 is 12.7. The summed E-state index contributed by atoms with van der Waals surface area (Å²) in [5.41, 5.74) is 16.9. The first kappa shape index (κ1) is 39.7. The Bertz CT molecular complexity index is 2900. The van der Waals surface area contributed by atoms with Gasteiger partial charge in [0.15, 0.2) is 0 Å². The number of ether oxygens (including phenoxy) is 1. The first-order valence-electron chi connectivity index (χ1n) is 20.9. The predicted molar refractivity (Wildman–Crippen MR) is 245 cm³/mol. The fraction of sp³-hybridized carbons (Fsp3) is 0.222. The second-order valence-corrected chi connectivity index (χ2v) is 18.8. The number of rotatable bonds is 7. The van der Waals surface area contributed by atoms with Gasteiger partial charge in [0, 0.05) is 6.20 Å². The van der Waals surface area contributed by atoms with Crippen LogP contribution in [-0.2, 0) is 31.2 Å². The molecule has 0 aliphatic carbocycles. The molecule has 0 amide bonds. The number of pyridine rings is 1. The van der Waals surface area contributed by atoms with E-state index in [2.05, 4.69) is 228 Å². The molecule has 1 aliphatic heterocycles. The van der Waals surface area contributed by atoms with E-state index in [0.29, 0.717) is 0 Å². The zero-order chi connectivity index (χ0) is 41.9. The molecule has 304 valence electrons. The molecule has 0 bridgehead atoms. The van der Waals surface area contributed by atoms with Gasteiger partial charge >= 0.3 is 323 Å². The van der Waals surface area contributed by atoms with Crippen molar-refractivity contribution < 1.29 is 24.1 Å². The van der Waals surface area contributed by atoms with Crippen LogP contribution in [0.1, 0.15) is 68.9 Å².